The molecule has 1 saturated heterocycles. The number of rotatable bonds is 3. The smallest absolute Gasteiger partial charge is 0.324 e. The van der Waals surface area contributed by atoms with E-state index in [-0.39, 0.29) is 19.0 Å². The van der Waals surface area contributed by atoms with Gasteiger partial charge in [-0.3, -0.25) is 14.5 Å². The van der Waals surface area contributed by atoms with Crippen LogP contribution in [0.15, 0.2) is 28.7 Å². The summed E-state index contributed by atoms with van der Waals surface area (Å²) in [7, 11) is 1.52. The van der Waals surface area contributed by atoms with E-state index in [9.17, 15) is 14.4 Å². The molecular formula is C12H12BrN3O3. The molecule has 1 aliphatic rings. The number of carbonyl (C=O) groups is 3. The molecule has 1 heterocycles. The minimum Gasteiger partial charge on any atom is -0.324 e. The number of nitrogens with one attached hydrogen (secondary N) is 1. The van der Waals surface area contributed by atoms with Crippen LogP contribution in [0.4, 0.5) is 10.5 Å². The number of benzene rings is 1. The lowest BCUT2D eigenvalue weighted by Gasteiger charge is -2.13. The van der Waals surface area contributed by atoms with E-state index in [1.165, 1.54) is 11.9 Å². The highest BCUT2D eigenvalue weighted by Gasteiger charge is 2.34. The van der Waals surface area contributed by atoms with Crippen molar-refractivity contribution in [2.24, 2.45) is 0 Å². The van der Waals surface area contributed by atoms with Gasteiger partial charge in [0.1, 0.15) is 13.1 Å². The zero-order valence-electron chi connectivity index (χ0n) is 10.2. The number of imide groups is 1. The van der Waals surface area contributed by atoms with Crippen LogP contribution in [-0.4, -0.2) is 47.8 Å². The van der Waals surface area contributed by atoms with Gasteiger partial charge in [-0.2, -0.15) is 0 Å². The van der Waals surface area contributed by atoms with E-state index < -0.39 is 11.9 Å². The van der Waals surface area contributed by atoms with Crippen molar-refractivity contribution in [3.63, 3.8) is 0 Å². The first kappa shape index (κ1) is 13.5. The molecule has 0 radical (unpaired) electrons. The Hall–Kier alpha value is -1.89. The molecule has 7 heteroatoms. The summed E-state index contributed by atoms with van der Waals surface area (Å²) >= 11 is 3.29. The van der Waals surface area contributed by atoms with Crippen molar-refractivity contribution in [2.75, 3.05) is 25.5 Å². The van der Waals surface area contributed by atoms with Crippen LogP contribution in [0.2, 0.25) is 0 Å². The van der Waals surface area contributed by atoms with E-state index in [1.807, 2.05) is 6.07 Å². The Morgan fingerprint density at radius 3 is 2.74 bits per heavy atom. The van der Waals surface area contributed by atoms with Gasteiger partial charge in [0.2, 0.25) is 5.91 Å². The number of nitrogens with zero attached hydrogens (tertiary/aromatic N) is 2. The maximum absolute atomic E-state index is 11.8. The average molecular weight is 326 g/mol. The van der Waals surface area contributed by atoms with Crippen molar-refractivity contribution in [3.05, 3.63) is 28.7 Å². The van der Waals surface area contributed by atoms with Crippen LogP contribution in [0, 0.1) is 0 Å². The largest absolute Gasteiger partial charge is 0.327 e. The number of carbonyl (C=O) groups excluding carboxylic acids is 3. The Kier molecular flexibility index (Phi) is 3.84. The van der Waals surface area contributed by atoms with Gasteiger partial charge in [-0.15, -0.1) is 0 Å². The maximum Gasteiger partial charge on any atom is 0.327 e. The molecule has 0 saturated carbocycles. The van der Waals surface area contributed by atoms with Gasteiger partial charge in [-0.05, 0) is 18.2 Å². The molecule has 0 aliphatic carbocycles. The number of amides is 4. The Balaban J connectivity index is 1.98. The summed E-state index contributed by atoms with van der Waals surface area (Å²) in [4.78, 5) is 37.1. The van der Waals surface area contributed by atoms with Crippen molar-refractivity contribution >= 4 is 39.5 Å². The molecule has 1 aromatic carbocycles. The molecule has 1 aliphatic heterocycles. The monoisotopic (exact) mass is 325 g/mol. The van der Waals surface area contributed by atoms with Crippen molar-refractivity contribution in [3.8, 4) is 0 Å². The van der Waals surface area contributed by atoms with Gasteiger partial charge in [0.15, 0.2) is 0 Å². The third kappa shape index (κ3) is 3.11. The van der Waals surface area contributed by atoms with Gasteiger partial charge in [0.25, 0.3) is 5.91 Å². The summed E-state index contributed by atoms with van der Waals surface area (Å²) in [5, 5.41) is 2.63. The topological polar surface area (TPSA) is 69.7 Å². The van der Waals surface area contributed by atoms with Crippen molar-refractivity contribution in [1.29, 1.82) is 0 Å². The van der Waals surface area contributed by atoms with Crippen molar-refractivity contribution < 1.29 is 14.4 Å². The van der Waals surface area contributed by atoms with E-state index >= 15 is 0 Å². The number of anilines is 1. The third-order valence-electron chi connectivity index (χ3n) is 2.64. The van der Waals surface area contributed by atoms with Crippen LogP contribution < -0.4 is 5.32 Å². The Bertz CT molecular complexity index is 547. The van der Waals surface area contributed by atoms with Gasteiger partial charge < -0.3 is 10.2 Å². The standard InChI is InChI=1S/C12H12BrN3O3/c1-15-7-11(18)16(12(15)19)6-10(17)14-9-4-2-3-8(13)5-9/h2-5H,6-7H2,1H3,(H,14,17). The van der Waals surface area contributed by atoms with E-state index in [0.29, 0.717) is 5.69 Å². The Labute approximate surface area is 118 Å². The zero-order valence-corrected chi connectivity index (χ0v) is 11.8. The first-order valence-electron chi connectivity index (χ1n) is 5.58. The summed E-state index contributed by atoms with van der Waals surface area (Å²) in [5.74, 6) is -0.771. The molecule has 6 nitrogen and oxygen atoms in total. The first-order valence-corrected chi connectivity index (χ1v) is 6.37. The normalized spacial score (nSPS) is 15.1. The van der Waals surface area contributed by atoms with Crippen LogP contribution in [0.5, 0.6) is 0 Å². The van der Waals surface area contributed by atoms with Crippen LogP contribution >= 0.6 is 15.9 Å². The van der Waals surface area contributed by atoms with E-state index in [1.54, 1.807) is 18.2 Å². The molecule has 1 fully saturated rings. The summed E-state index contributed by atoms with van der Waals surface area (Å²) in [6.07, 6.45) is 0. The van der Waals surface area contributed by atoms with Gasteiger partial charge >= 0.3 is 6.03 Å². The van der Waals surface area contributed by atoms with E-state index in [4.69, 9.17) is 0 Å². The van der Waals surface area contributed by atoms with Gasteiger partial charge in [0, 0.05) is 17.2 Å². The number of hydrogen-bond donors (Lipinski definition) is 1. The second-order valence-electron chi connectivity index (χ2n) is 4.18. The predicted molar refractivity (Wildman–Crippen MR) is 72.5 cm³/mol. The lowest BCUT2D eigenvalue weighted by Crippen LogP contribution is -2.38. The molecule has 2 rings (SSSR count). The Morgan fingerprint density at radius 1 is 1.42 bits per heavy atom. The second-order valence-corrected chi connectivity index (χ2v) is 5.09. The van der Waals surface area contributed by atoms with Gasteiger partial charge in [-0.25, -0.2) is 4.79 Å². The minimum atomic E-state index is -0.450. The number of hydrogen-bond acceptors (Lipinski definition) is 3. The average Bonchev–Trinajstić information content (AvgIpc) is 2.56. The number of urea groups is 1. The SMILES string of the molecule is CN1CC(=O)N(CC(=O)Nc2cccc(Br)c2)C1=O. The van der Waals surface area contributed by atoms with Gasteiger partial charge in [0.05, 0.1) is 0 Å². The maximum atomic E-state index is 11.8. The van der Waals surface area contributed by atoms with Crippen LogP contribution in [-0.2, 0) is 9.59 Å². The van der Waals surface area contributed by atoms with Crippen LogP contribution in [0.25, 0.3) is 0 Å². The number of halogens is 1. The zero-order chi connectivity index (χ0) is 14.0. The fourth-order valence-electron chi connectivity index (χ4n) is 1.73. The van der Waals surface area contributed by atoms with Crippen molar-refractivity contribution in [1.82, 2.24) is 9.80 Å². The molecule has 1 N–H and O–H groups in total. The van der Waals surface area contributed by atoms with Gasteiger partial charge in [-0.1, -0.05) is 22.0 Å². The summed E-state index contributed by atoms with van der Waals surface area (Å²) in [6, 6.07) is 6.62. The Morgan fingerprint density at radius 2 is 2.16 bits per heavy atom. The highest BCUT2D eigenvalue weighted by Crippen LogP contribution is 2.16. The summed E-state index contributed by atoms with van der Waals surface area (Å²) < 4.78 is 0.832. The molecule has 0 unspecified atom stereocenters. The molecule has 0 atom stereocenters. The third-order valence-corrected chi connectivity index (χ3v) is 3.13. The van der Waals surface area contributed by atoms with Crippen LogP contribution in [0.3, 0.4) is 0 Å². The molecule has 0 bridgehead atoms. The molecular weight excluding hydrogens is 314 g/mol. The fraction of sp³-hybridized carbons (Fsp3) is 0.250. The summed E-state index contributed by atoms with van der Waals surface area (Å²) in [5.41, 5.74) is 0.604. The second kappa shape index (κ2) is 5.40. The molecule has 0 aromatic heterocycles. The lowest BCUT2D eigenvalue weighted by molar-refractivity contribution is -0.129. The molecule has 19 heavy (non-hydrogen) atoms. The van der Waals surface area contributed by atoms with E-state index in [0.717, 1.165) is 9.37 Å². The highest BCUT2D eigenvalue weighted by atomic mass is 79.9. The summed E-state index contributed by atoms with van der Waals surface area (Å²) in [6.45, 7) is -0.252. The fourth-order valence-corrected chi connectivity index (χ4v) is 2.13. The quantitative estimate of drug-likeness (QED) is 0.851. The predicted octanol–water partition coefficient (Wildman–Crippen LogP) is 1.28. The first-order chi connectivity index (χ1) is 8.97. The number of likely N-dealkylation sites (N-methyl/N-ethyl adjacent to an activating group) is 1. The van der Waals surface area contributed by atoms with Crippen LogP contribution in [0.1, 0.15) is 0 Å². The highest BCUT2D eigenvalue weighted by molar-refractivity contribution is 9.10. The minimum absolute atomic E-state index is 0.0169. The lowest BCUT2D eigenvalue weighted by atomic mass is 10.3. The van der Waals surface area contributed by atoms with E-state index in [2.05, 4.69) is 21.2 Å². The molecule has 1 aromatic rings. The van der Waals surface area contributed by atoms with Crippen molar-refractivity contribution in [2.45, 2.75) is 0 Å². The molecule has 0 spiro atoms. The molecule has 100 valence electrons. The molecule has 4 amide bonds.